The molecule has 1 fully saturated rings. The van der Waals surface area contributed by atoms with E-state index in [9.17, 15) is 17.1 Å². The van der Waals surface area contributed by atoms with Gasteiger partial charge in [-0.1, -0.05) is 16.8 Å². The number of carbonyl (C=O) groups is 1. The number of rotatable bonds is 2. The zero-order chi connectivity index (χ0) is 12.8. The van der Waals surface area contributed by atoms with Crippen molar-refractivity contribution in [1.29, 1.82) is 0 Å². The van der Waals surface area contributed by atoms with Crippen LogP contribution in [0.2, 0.25) is 5.02 Å². The van der Waals surface area contributed by atoms with Gasteiger partial charge in [-0.2, -0.15) is 8.42 Å². The van der Waals surface area contributed by atoms with Crippen molar-refractivity contribution in [1.82, 2.24) is 5.16 Å². The molecule has 1 aliphatic heterocycles. The van der Waals surface area contributed by atoms with Crippen LogP contribution in [0.5, 0.6) is 0 Å². The normalized spacial score (nSPS) is 21.2. The fourth-order valence-corrected chi connectivity index (χ4v) is 2.41. The molecule has 1 aliphatic rings. The smallest absolute Gasteiger partial charge is 0.307 e. The average Bonchev–Trinajstić information content (AvgIpc) is 2.72. The molecule has 17 heavy (non-hydrogen) atoms. The highest BCUT2D eigenvalue weighted by Gasteiger charge is 2.41. The lowest BCUT2D eigenvalue weighted by Gasteiger charge is -2.11. The molecule has 2 rings (SSSR count). The topological polar surface area (TPSA) is 80.5 Å². The molecule has 0 aromatic carbocycles. The van der Waals surface area contributed by atoms with E-state index in [1.807, 2.05) is 0 Å². The van der Waals surface area contributed by atoms with E-state index >= 15 is 0 Å². The van der Waals surface area contributed by atoms with Gasteiger partial charge in [-0.05, 0) is 6.92 Å². The predicted molar refractivity (Wildman–Crippen MR) is 57.0 cm³/mol. The Labute approximate surface area is 102 Å². The Kier molecular flexibility index (Phi) is 2.86. The molecule has 1 amide bonds. The number of nitrogens with zero attached hydrogens (tertiary/aromatic N) is 2. The van der Waals surface area contributed by atoms with E-state index in [-0.39, 0.29) is 17.5 Å². The van der Waals surface area contributed by atoms with Crippen LogP contribution in [-0.4, -0.2) is 31.3 Å². The molecule has 94 valence electrons. The van der Waals surface area contributed by atoms with Crippen LogP contribution < -0.4 is 4.90 Å². The summed E-state index contributed by atoms with van der Waals surface area (Å²) in [6.45, 7) is 1.26. The summed E-state index contributed by atoms with van der Waals surface area (Å²) in [4.78, 5) is 12.5. The van der Waals surface area contributed by atoms with Gasteiger partial charge < -0.3 is 4.52 Å². The fourth-order valence-electron chi connectivity index (χ4n) is 1.57. The lowest BCUT2D eigenvalue weighted by atomic mass is 10.4. The van der Waals surface area contributed by atoms with E-state index in [4.69, 9.17) is 16.1 Å². The molecule has 1 aromatic heterocycles. The number of carbonyl (C=O) groups excluding carboxylic acids is 1. The molecular weight excluding hydrogens is 275 g/mol. The number of hydrogen-bond acceptors (Lipinski definition) is 5. The number of hydrogen-bond donors (Lipinski definition) is 0. The fraction of sp³-hybridized carbons (Fsp3) is 0.500. The molecule has 0 radical (unpaired) electrons. The predicted octanol–water partition coefficient (Wildman–Crippen LogP) is 1.04. The summed E-state index contributed by atoms with van der Waals surface area (Å²) in [7, 11) is -4.75. The molecule has 9 heteroatoms. The maximum Gasteiger partial charge on any atom is 0.307 e. The third kappa shape index (κ3) is 2.14. The van der Waals surface area contributed by atoms with Gasteiger partial charge in [-0.25, -0.2) is 0 Å². The van der Waals surface area contributed by atoms with Crippen LogP contribution in [-0.2, 0) is 15.0 Å². The summed E-state index contributed by atoms with van der Waals surface area (Å²) in [5.74, 6) is -0.602. The Morgan fingerprint density at radius 2 is 2.24 bits per heavy atom. The second-order valence-corrected chi connectivity index (χ2v) is 5.69. The molecule has 0 saturated carbocycles. The van der Waals surface area contributed by atoms with E-state index in [0.29, 0.717) is 5.69 Å². The minimum atomic E-state index is -4.75. The van der Waals surface area contributed by atoms with Crippen molar-refractivity contribution in [2.24, 2.45) is 0 Å². The SMILES string of the molecule is Cc1noc(N2CC(S(=O)(=O)F)CC2=O)c1Cl. The van der Waals surface area contributed by atoms with Crippen molar-refractivity contribution in [3.05, 3.63) is 10.7 Å². The Morgan fingerprint density at radius 1 is 1.59 bits per heavy atom. The van der Waals surface area contributed by atoms with E-state index < -0.39 is 27.8 Å². The van der Waals surface area contributed by atoms with Crippen molar-refractivity contribution in [3.63, 3.8) is 0 Å². The molecule has 6 nitrogen and oxygen atoms in total. The van der Waals surface area contributed by atoms with Crippen molar-refractivity contribution in [2.75, 3.05) is 11.4 Å². The van der Waals surface area contributed by atoms with E-state index in [1.165, 1.54) is 0 Å². The first-order valence-corrected chi connectivity index (χ1v) is 6.48. The minimum absolute atomic E-state index is 0.0414. The van der Waals surface area contributed by atoms with Gasteiger partial charge in [0.2, 0.25) is 5.91 Å². The zero-order valence-electron chi connectivity index (χ0n) is 8.68. The summed E-state index contributed by atoms with van der Waals surface area (Å²) >= 11 is 5.82. The molecule has 0 N–H and O–H groups in total. The van der Waals surface area contributed by atoms with Gasteiger partial charge in [-0.3, -0.25) is 9.69 Å². The van der Waals surface area contributed by atoms with E-state index in [1.54, 1.807) is 6.92 Å². The number of halogens is 2. The molecular formula is C8H8ClFN2O4S. The first kappa shape index (κ1) is 12.3. The quantitative estimate of drug-likeness (QED) is 0.757. The second kappa shape index (κ2) is 3.95. The molecule has 1 atom stereocenters. The highest BCUT2D eigenvalue weighted by molar-refractivity contribution is 7.87. The summed E-state index contributed by atoms with van der Waals surface area (Å²) in [6.07, 6.45) is -0.422. The van der Waals surface area contributed by atoms with Crippen molar-refractivity contribution < 1.29 is 21.6 Å². The van der Waals surface area contributed by atoms with Gasteiger partial charge in [-0.15, -0.1) is 3.89 Å². The summed E-state index contributed by atoms with van der Waals surface area (Å²) < 4.78 is 39.0. The summed E-state index contributed by atoms with van der Waals surface area (Å²) in [5, 5.41) is 2.28. The summed E-state index contributed by atoms with van der Waals surface area (Å²) in [5.41, 5.74) is 0.376. The van der Waals surface area contributed by atoms with E-state index in [0.717, 1.165) is 4.90 Å². The molecule has 1 saturated heterocycles. The molecule has 0 bridgehead atoms. The molecule has 2 heterocycles. The second-order valence-electron chi connectivity index (χ2n) is 3.69. The summed E-state index contributed by atoms with van der Waals surface area (Å²) in [6, 6.07) is 0. The number of aryl methyl sites for hydroxylation is 1. The lowest BCUT2D eigenvalue weighted by Crippen LogP contribution is -2.26. The number of amides is 1. The van der Waals surface area contributed by atoms with E-state index in [2.05, 4.69) is 5.16 Å². The van der Waals surface area contributed by atoms with Crippen LogP contribution in [0.3, 0.4) is 0 Å². The lowest BCUT2D eigenvalue weighted by molar-refractivity contribution is -0.117. The maximum atomic E-state index is 12.8. The van der Waals surface area contributed by atoms with Crippen LogP contribution >= 0.6 is 11.6 Å². The van der Waals surface area contributed by atoms with Crippen LogP contribution in [0.25, 0.3) is 0 Å². The Hall–Kier alpha value is -1.15. The van der Waals surface area contributed by atoms with Crippen molar-refractivity contribution >= 4 is 33.6 Å². The Morgan fingerprint density at radius 3 is 2.65 bits per heavy atom. The minimum Gasteiger partial charge on any atom is -0.336 e. The third-order valence-corrected chi connectivity index (χ3v) is 4.05. The molecule has 0 spiro atoms. The highest BCUT2D eigenvalue weighted by atomic mass is 35.5. The molecule has 0 aliphatic carbocycles. The maximum absolute atomic E-state index is 12.8. The van der Waals surface area contributed by atoms with Gasteiger partial charge in [0.25, 0.3) is 5.88 Å². The molecule has 1 aromatic rings. The zero-order valence-corrected chi connectivity index (χ0v) is 10.3. The largest absolute Gasteiger partial charge is 0.336 e. The molecule has 1 unspecified atom stereocenters. The number of anilines is 1. The highest BCUT2D eigenvalue weighted by Crippen LogP contribution is 2.33. The Bertz CT molecular complexity index is 570. The van der Waals surface area contributed by atoms with Crippen LogP contribution in [0.15, 0.2) is 4.52 Å². The first-order valence-electron chi connectivity index (χ1n) is 4.66. The third-order valence-electron chi connectivity index (χ3n) is 2.51. The Balaban J connectivity index is 2.31. The van der Waals surface area contributed by atoms with Crippen LogP contribution in [0.4, 0.5) is 9.77 Å². The standard InChI is InChI=1S/C8H8ClFN2O4S/c1-4-7(9)8(16-11-4)12-3-5(2-6(12)13)17(10,14)15/h5H,2-3H2,1H3. The first-order chi connectivity index (χ1) is 7.80. The monoisotopic (exact) mass is 282 g/mol. The van der Waals surface area contributed by atoms with Crippen LogP contribution in [0, 0.1) is 6.92 Å². The van der Waals surface area contributed by atoms with Gasteiger partial charge >= 0.3 is 10.2 Å². The van der Waals surface area contributed by atoms with Gasteiger partial charge in [0, 0.05) is 13.0 Å². The van der Waals surface area contributed by atoms with Gasteiger partial charge in [0.05, 0.1) is 0 Å². The van der Waals surface area contributed by atoms with Gasteiger partial charge in [0.15, 0.2) is 0 Å². The average molecular weight is 283 g/mol. The van der Waals surface area contributed by atoms with Gasteiger partial charge in [0.1, 0.15) is 16.0 Å². The van der Waals surface area contributed by atoms with Crippen LogP contribution in [0.1, 0.15) is 12.1 Å². The van der Waals surface area contributed by atoms with Crippen molar-refractivity contribution in [3.8, 4) is 0 Å². The van der Waals surface area contributed by atoms with Crippen molar-refractivity contribution in [2.45, 2.75) is 18.6 Å². The number of aromatic nitrogens is 1.